The number of hydrogen-bond donors (Lipinski definition) is 0. The Hall–Kier alpha value is -2.55. The number of halogens is 1. The molecule has 0 spiro atoms. The van der Waals surface area contributed by atoms with Gasteiger partial charge >= 0.3 is 0 Å². The van der Waals surface area contributed by atoms with E-state index in [1.165, 1.54) is 44.2 Å². The summed E-state index contributed by atoms with van der Waals surface area (Å²) >= 11 is 1.78. The lowest BCUT2D eigenvalue weighted by Gasteiger charge is -2.36. The Morgan fingerprint density at radius 2 is 1.62 bits per heavy atom. The molecule has 1 unspecified atom stereocenters. The van der Waals surface area contributed by atoms with Crippen LogP contribution in [0.5, 0.6) is 0 Å². The Bertz CT molecular complexity index is 1040. The number of piperazine rings is 1. The van der Waals surface area contributed by atoms with E-state index in [9.17, 15) is 18.8 Å². The van der Waals surface area contributed by atoms with Crippen molar-refractivity contribution >= 4 is 36.3 Å². The Kier molecular flexibility index (Phi) is 14.4. The van der Waals surface area contributed by atoms with Gasteiger partial charge in [0.05, 0.1) is 6.04 Å². The topological polar surface area (TPSA) is 60.9 Å². The van der Waals surface area contributed by atoms with Crippen LogP contribution in [0.25, 0.3) is 0 Å². The first kappa shape index (κ1) is 32.0. The van der Waals surface area contributed by atoms with Crippen molar-refractivity contribution in [1.82, 2.24) is 9.80 Å². The lowest BCUT2D eigenvalue weighted by atomic mass is 10.1. The number of nitrogens with zero attached hydrogens (tertiary/aromatic N) is 3. The second-order valence-electron chi connectivity index (χ2n) is 10.6. The molecule has 0 aliphatic carbocycles. The molecule has 0 saturated carbocycles. The third-order valence-electron chi connectivity index (χ3n) is 7.70. The second-order valence-corrected chi connectivity index (χ2v) is 11.7. The zero-order valence-electron chi connectivity index (χ0n) is 23.8. The van der Waals surface area contributed by atoms with Gasteiger partial charge in [0.2, 0.25) is 0 Å². The fraction of sp³-hybridized carbons (Fsp3) is 0.531. The molecule has 1 atom stereocenters. The third kappa shape index (κ3) is 10.5. The molecule has 1 aliphatic heterocycles. The minimum atomic E-state index is -0.339. The Morgan fingerprint density at radius 3 is 2.30 bits per heavy atom. The number of anilines is 1. The molecule has 2 aromatic carbocycles. The zero-order chi connectivity index (χ0) is 28.6. The number of thioether (sulfide) groups is 1. The van der Waals surface area contributed by atoms with Crippen molar-refractivity contribution in [2.24, 2.45) is 0 Å². The number of unbranched alkanes of at least 4 members (excludes halogenated alkanes) is 5. The van der Waals surface area contributed by atoms with Gasteiger partial charge in [-0.1, -0.05) is 37.8 Å². The van der Waals surface area contributed by atoms with Gasteiger partial charge in [0.1, 0.15) is 24.7 Å². The molecule has 0 amide bonds. The summed E-state index contributed by atoms with van der Waals surface area (Å²) in [6, 6.07) is 12.3. The summed E-state index contributed by atoms with van der Waals surface area (Å²) in [6.45, 7) is 5.76. The summed E-state index contributed by atoms with van der Waals surface area (Å²) in [5.41, 5.74) is 2.73. The smallest absolute Gasteiger partial charge is 0.150 e. The first-order valence-electron chi connectivity index (χ1n) is 14.6. The summed E-state index contributed by atoms with van der Waals surface area (Å²) in [7, 11) is 1.87. The highest BCUT2D eigenvalue weighted by Crippen LogP contribution is 2.28. The number of rotatable bonds is 19. The maximum Gasteiger partial charge on any atom is 0.150 e. The fourth-order valence-electron chi connectivity index (χ4n) is 5.20. The van der Waals surface area contributed by atoms with Crippen molar-refractivity contribution in [3.8, 4) is 0 Å². The Morgan fingerprint density at radius 1 is 0.925 bits per heavy atom. The third-order valence-corrected chi connectivity index (χ3v) is 8.88. The molecule has 218 valence electrons. The van der Waals surface area contributed by atoms with Crippen LogP contribution in [-0.4, -0.2) is 80.2 Å². The molecule has 3 rings (SSSR count). The van der Waals surface area contributed by atoms with Gasteiger partial charge in [-0.05, 0) is 74.5 Å². The molecular formula is C32H44FN3O3S. The minimum Gasteiger partial charge on any atom is -0.369 e. The molecule has 0 aromatic heterocycles. The average molecular weight is 570 g/mol. The van der Waals surface area contributed by atoms with Crippen LogP contribution in [0.15, 0.2) is 47.4 Å². The predicted molar refractivity (Wildman–Crippen MR) is 162 cm³/mol. The normalized spacial score (nSPS) is 14.8. The van der Waals surface area contributed by atoms with Crippen LogP contribution < -0.4 is 4.90 Å². The van der Waals surface area contributed by atoms with Crippen molar-refractivity contribution in [1.29, 1.82) is 0 Å². The predicted octanol–water partition coefficient (Wildman–Crippen LogP) is 5.87. The maximum atomic E-state index is 13.2. The van der Waals surface area contributed by atoms with E-state index in [-0.39, 0.29) is 11.9 Å². The van der Waals surface area contributed by atoms with Crippen LogP contribution >= 0.6 is 11.8 Å². The van der Waals surface area contributed by atoms with E-state index in [2.05, 4.69) is 15.9 Å². The highest BCUT2D eigenvalue weighted by atomic mass is 32.2. The van der Waals surface area contributed by atoms with Gasteiger partial charge in [0, 0.05) is 55.3 Å². The molecule has 2 aromatic rings. The van der Waals surface area contributed by atoms with E-state index < -0.39 is 0 Å². The van der Waals surface area contributed by atoms with Crippen LogP contribution in [0.4, 0.5) is 10.1 Å². The molecule has 1 heterocycles. The number of carbonyl (C=O) groups is 3. The SMILES string of the molecule is CN(Cc1c(C=O)cccc1SCCCCCCCCN1CCN(c2ccc(F)cc2)CC1)C(C=O)CCC=O. The number of carbonyl (C=O) groups excluding carboxylic acids is 3. The number of benzene rings is 2. The fourth-order valence-corrected chi connectivity index (χ4v) is 6.30. The first-order valence-corrected chi connectivity index (χ1v) is 15.6. The molecule has 0 bridgehead atoms. The van der Waals surface area contributed by atoms with Crippen LogP contribution in [0.1, 0.15) is 67.3 Å². The highest BCUT2D eigenvalue weighted by Gasteiger charge is 2.18. The van der Waals surface area contributed by atoms with E-state index in [0.29, 0.717) is 24.9 Å². The van der Waals surface area contributed by atoms with Gasteiger partial charge in [-0.3, -0.25) is 14.6 Å². The number of likely N-dealkylation sites (N-methyl/N-ethyl adjacent to an activating group) is 1. The van der Waals surface area contributed by atoms with Crippen LogP contribution in [-0.2, 0) is 16.1 Å². The first-order chi connectivity index (χ1) is 19.5. The van der Waals surface area contributed by atoms with Crippen molar-refractivity contribution < 1.29 is 18.8 Å². The van der Waals surface area contributed by atoms with E-state index in [1.54, 1.807) is 11.8 Å². The monoisotopic (exact) mass is 569 g/mol. The molecule has 1 aliphatic rings. The largest absolute Gasteiger partial charge is 0.369 e. The molecular weight excluding hydrogens is 525 g/mol. The van der Waals surface area contributed by atoms with Gasteiger partial charge in [-0.2, -0.15) is 0 Å². The standard InChI is InChI=1S/C32H44FN3O3S/c1-34(30(26-39)11-9-22-37)24-31-27(25-38)10-8-12-32(31)40-23-7-5-3-2-4-6-17-35-18-20-36(21-19-35)29-15-13-28(33)14-16-29/h8,10,12-16,22,25-26,30H,2-7,9,11,17-21,23-24H2,1H3. The highest BCUT2D eigenvalue weighted by molar-refractivity contribution is 7.99. The van der Waals surface area contributed by atoms with Gasteiger partial charge in [0.25, 0.3) is 0 Å². The molecule has 0 radical (unpaired) electrons. The molecule has 40 heavy (non-hydrogen) atoms. The van der Waals surface area contributed by atoms with Gasteiger partial charge in [-0.15, -0.1) is 11.8 Å². The zero-order valence-corrected chi connectivity index (χ0v) is 24.6. The van der Waals surface area contributed by atoms with E-state index >= 15 is 0 Å². The van der Waals surface area contributed by atoms with Crippen LogP contribution in [0, 0.1) is 5.82 Å². The summed E-state index contributed by atoms with van der Waals surface area (Å²) in [5, 5.41) is 0. The van der Waals surface area contributed by atoms with Crippen LogP contribution in [0.2, 0.25) is 0 Å². The van der Waals surface area contributed by atoms with E-state index in [1.807, 2.05) is 36.2 Å². The lowest BCUT2D eigenvalue weighted by Crippen LogP contribution is -2.46. The molecule has 0 N–H and O–H groups in total. The number of hydrogen-bond acceptors (Lipinski definition) is 7. The summed E-state index contributed by atoms with van der Waals surface area (Å²) in [4.78, 5) is 41.9. The number of aldehydes is 3. The summed E-state index contributed by atoms with van der Waals surface area (Å²) < 4.78 is 13.2. The second kappa shape index (κ2) is 18.0. The molecule has 8 heteroatoms. The van der Waals surface area contributed by atoms with Gasteiger partial charge in [0.15, 0.2) is 0 Å². The maximum absolute atomic E-state index is 13.2. The Labute approximate surface area is 243 Å². The van der Waals surface area contributed by atoms with Crippen molar-refractivity contribution in [3.63, 3.8) is 0 Å². The summed E-state index contributed by atoms with van der Waals surface area (Å²) in [5.74, 6) is 0.816. The quantitative estimate of drug-likeness (QED) is 0.119. The minimum absolute atomic E-state index is 0.183. The van der Waals surface area contributed by atoms with Gasteiger partial charge in [-0.25, -0.2) is 4.39 Å². The van der Waals surface area contributed by atoms with Crippen molar-refractivity contribution in [3.05, 3.63) is 59.4 Å². The van der Waals surface area contributed by atoms with Crippen molar-refractivity contribution in [2.75, 3.05) is 50.4 Å². The van der Waals surface area contributed by atoms with E-state index in [0.717, 1.165) is 79.9 Å². The van der Waals surface area contributed by atoms with Gasteiger partial charge < -0.3 is 14.5 Å². The molecule has 1 saturated heterocycles. The summed E-state index contributed by atoms with van der Waals surface area (Å²) in [6.07, 6.45) is 10.8. The molecule has 1 fully saturated rings. The van der Waals surface area contributed by atoms with E-state index in [4.69, 9.17) is 0 Å². The Balaban J connectivity index is 1.29. The van der Waals surface area contributed by atoms with Crippen molar-refractivity contribution in [2.45, 2.75) is 68.8 Å². The molecule has 6 nitrogen and oxygen atoms in total. The average Bonchev–Trinajstić information content (AvgIpc) is 2.98. The van der Waals surface area contributed by atoms with Crippen LogP contribution in [0.3, 0.4) is 0 Å². The lowest BCUT2D eigenvalue weighted by molar-refractivity contribution is -0.113.